The number of halogens is 1. The SMILES string of the molecule is O=C(CN1C(=O)c2ccccc2C1=O)NC1CCC(Nc2nc(Cl)cc(-c3c[nH]c4ncccc34)n2)CC1. The number of hydrogen-bond acceptors (Lipinski definition) is 7. The van der Waals surface area contributed by atoms with Crippen LogP contribution in [0.2, 0.25) is 5.15 Å². The third-order valence-corrected chi connectivity index (χ3v) is 7.22. The van der Waals surface area contributed by atoms with Crippen LogP contribution in [-0.4, -0.2) is 61.2 Å². The minimum Gasteiger partial charge on any atom is -0.352 e. The minimum absolute atomic E-state index is 0.0368. The molecule has 1 saturated carbocycles. The molecule has 2 aliphatic rings. The summed E-state index contributed by atoms with van der Waals surface area (Å²) in [6, 6.07) is 12.3. The van der Waals surface area contributed by atoms with Crippen LogP contribution in [0.1, 0.15) is 46.4 Å². The fraction of sp³-hybridized carbons (Fsp3) is 0.259. The van der Waals surface area contributed by atoms with E-state index in [9.17, 15) is 14.4 Å². The predicted molar refractivity (Wildman–Crippen MR) is 142 cm³/mol. The monoisotopic (exact) mass is 529 g/mol. The van der Waals surface area contributed by atoms with Gasteiger partial charge in [0.25, 0.3) is 11.8 Å². The Balaban J connectivity index is 1.04. The summed E-state index contributed by atoms with van der Waals surface area (Å²) in [6.45, 7) is -0.285. The summed E-state index contributed by atoms with van der Waals surface area (Å²) in [5.41, 5.74) is 3.04. The average molecular weight is 530 g/mol. The van der Waals surface area contributed by atoms with Crippen molar-refractivity contribution in [3.05, 3.63) is 71.1 Å². The number of imide groups is 1. The Bertz CT molecular complexity index is 1530. The summed E-state index contributed by atoms with van der Waals surface area (Å²) in [5.74, 6) is -0.757. The molecule has 1 aliphatic heterocycles. The molecule has 38 heavy (non-hydrogen) atoms. The van der Waals surface area contributed by atoms with Gasteiger partial charge in [0.1, 0.15) is 17.3 Å². The van der Waals surface area contributed by atoms with Gasteiger partial charge in [-0.05, 0) is 49.9 Å². The first-order valence-electron chi connectivity index (χ1n) is 12.4. The van der Waals surface area contributed by atoms with Crippen molar-refractivity contribution in [2.45, 2.75) is 37.8 Å². The summed E-state index contributed by atoms with van der Waals surface area (Å²) in [4.78, 5) is 55.2. The summed E-state index contributed by atoms with van der Waals surface area (Å²) >= 11 is 6.32. The number of fused-ring (bicyclic) bond motifs is 2. The zero-order valence-corrected chi connectivity index (χ0v) is 21.0. The molecule has 3 amide bonds. The molecule has 0 unspecified atom stereocenters. The first-order valence-corrected chi connectivity index (χ1v) is 12.8. The number of aromatic nitrogens is 4. The quantitative estimate of drug-likeness (QED) is 0.255. The Morgan fingerprint density at radius 3 is 2.42 bits per heavy atom. The van der Waals surface area contributed by atoms with Crippen molar-refractivity contribution in [2.24, 2.45) is 0 Å². The molecule has 1 aliphatic carbocycles. The summed E-state index contributed by atoms with van der Waals surface area (Å²) in [7, 11) is 0. The molecule has 192 valence electrons. The Hall–Kier alpha value is -4.31. The lowest BCUT2D eigenvalue weighted by molar-refractivity contribution is -0.122. The van der Waals surface area contributed by atoms with Crippen molar-refractivity contribution in [3.8, 4) is 11.3 Å². The highest BCUT2D eigenvalue weighted by Gasteiger charge is 2.36. The highest BCUT2D eigenvalue weighted by Crippen LogP contribution is 2.29. The van der Waals surface area contributed by atoms with Crippen LogP contribution in [0, 0.1) is 0 Å². The van der Waals surface area contributed by atoms with Gasteiger partial charge in [-0.3, -0.25) is 19.3 Å². The topological polar surface area (TPSA) is 133 Å². The van der Waals surface area contributed by atoms with Crippen LogP contribution in [0.5, 0.6) is 0 Å². The van der Waals surface area contributed by atoms with Gasteiger partial charge < -0.3 is 15.6 Å². The predicted octanol–water partition coefficient (Wildman–Crippen LogP) is 3.81. The van der Waals surface area contributed by atoms with Gasteiger partial charge in [0.2, 0.25) is 11.9 Å². The van der Waals surface area contributed by atoms with Gasteiger partial charge in [0.05, 0.1) is 16.8 Å². The number of hydrogen-bond donors (Lipinski definition) is 3. The van der Waals surface area contributed by atoms with E-state index in [1.165, 1.54) is 0 Å². The first kappa shape index (κ1) is 24.1. The fourth-order valence-electron chi connectivity index (χ4n) is 5.15. The number of anilines is 1. The van der Waals surface area contributed by atoms with Crippen LogP contribution in [0.15, 0.2) is 54.9 Å². The van der Waals surface area contributed by atoms with Gasteiger partial charge in [0, 0.05) is 41.5 Å². The van der Waals surface area contributed by atoms with Gasteiger partial charge in [-0.2, -0.15) is 0 Å². The third-order valence-electron chi connectivity index (χ3n) is 7.03. The molecule has 1 fully saturated rings. The molecule has 4 heterocycles. The summed E-state index contributed by atoms with van der Waals surface area (Å²) in [6.07, 6.45) is 6.66. The van der Waals surface area contributed by atoms with Crippen molar-refractivity contribution >= 4 is 46.3 Å². The van der Waals surface area contributed by atoms with E-state index in [0.717, 1.165) is 47.2 Å². The molecule has 4 aromatic rings. The molecule has 3 N–H and O–H groups in total. The van der Waals surface area contributed by atoms with Crippen molar-refractivity contribution < 1.29 is 14.4 Å². The van der Waals surface area contributed by atoms with Gasteiger partial charge in [0.15, 0.2) is 0 Å². The highest BCUT2D eigenvalue weighted by atomic mass is 35.5. The molecule has 3 aromatic heterocycles. The second-order valence-corrected chi connectivity index (χ2v) is 9.89. The standard InChI is InChI=1S/C27H24ClN7O3/c28-22-12-21(20-13-30-24-17(20)6-3-11-29-24)33-27(34-22)32-16-9-7-15(8-10-16)31-23(36)14-35-25(37)18-4-1-2-5-19(18)26(35)38/h1-6,11-13,15-16H,7-10,14H2,(H,29,30)(H,31,36)(H,32,33,34). The maximum absolute atomic E-state index is 12.6. The second-order valence-electron chi connectivity index (χ2n) is 9.50. The molecular weight excluding hydrogens is 506 g/mol. The number of H-pyrrole nitrogens is 1. The Kier molecular flexibility index (Phi) is 6.24. The molecule has 0 saturated heterocycles. The molecule has 0 bridgehead atoms. The van der Waals surface area contributed by atoms with Crippen LogP contribution in [0.3, 0.4) is 0 Å². The van der Waals surface area contributed by atoms with E-state index in [1.54, 1.807) is 36.5 Å². The van der Waals surface area contributed by atoms with E-state index in [0.29, 0.717) is 27.9 Å². The largest absolute Gasteiger partial charge is 0.352 e. The maximum atomic E-state index is 12.6. The molecule has 0 radical (unpaired) electrons. The van der Waals surface area contributed by atoms with Gasteiger partial charge in [-0.1, -0.05) is 23.7 Å². The van der Waals surface area contributed by atoms with Crippen molar-refractivity contribution in [2.75, 3.05) is 11.9 Å². The average Bonchev–Trinajstić information content (AvgIpc) is 3.45. The first-order chi connectivity index (χ1) is 18.5. The number of pyridine rings is 1. The number of amides is 3. The van der Waals surface area contributed by atoms with E-state index in [2.05, 4.69) is 30.6 Å². The molecule has 10 nitrogen and oxygen atoms in total. The number of carbonyl (C=O) groups is 3. The number of aromatic amines is 1. The zero-order valence-electron chi connectivity index (χ0n) is 20.3. The number of rotatable bonds is 6. The fourth-order valence-corrected chi connectivity index (χ4v) is 5.34. The minimum atomic E-state index is -0.432. The van der Waals surface area contributed by atoms with Crippen molar-refractivity contribution in [1.29, 1.82) is 0 Å². The lowest BCUT2D eigenvalue weighted by atomic mass is 9.91. The lowest BCUT2D eigenvalue weighted by Gasteiger charge is -2.30. The number of carbonyl (C=O) groups excluding carboxylic acids is 3. The molecule has 0 atom stereocenters. The Labute approximate surface area is 222 Å². The van der Waals surface area contributed by atoms with Crippen molar-refractivity contribution in [3.63, 3.8) is 0 Å². The molecule has 11 heteroatoms. The van der Waals surface area contributed by atoms with E-state index in [4.69, 9.17) is 11.6 Å². The number of nitrogens with zero attached hydrogens (tertiary/aromatic N) is 4. The highest BCUT2D eigenvalue weighted by molar-refractivity contribution is 6.29. The van der Waals surface area contributed by atoms with E-state index < -0.39 is 11.8 Å². The van der Waals surface area contributed by atoms with Gasteiger partial charge >= 0.3 is 0 Å². The smallest absolute Gasteiger partial charge is 0.262 e. The van der Waals surface area contributed by atoms with E-state index in [1.807, 2.05) is 18.3 Å². The van der Waals surface area contributed by atoms with E-state index >= 15 is 0 Å². The van der Waals surface area contributed by atoms with Crippen LogP contribution in [0.4, 0.5) is 5.95 Å². The van der Waals surface area contributed by atoms with E-state index in [-0.39, 0.29) is 24.5 Å². The molecule has 0 spiro atoms. The summed E-state index contributed by atoms with van der Waals surface area (Å²) < 4.78 is 0. The Morgan fingerprint density at radius 2 is 1.68 bits per heavy atom. The maximum Gasteiger partial charge on any atom is 0.262 e. The lowest BCUT2D eigenvalue weighted by Crippen LogP contribution is -2.46. The van der Waals surface area contributed by atoms with Crippen LogP contribution in [0.25, 0.3) is 22.3 Å². The van der Waals surface area contributed by atoms with Gasteiger partial charge in [-0.15, -0.1) is 0 Å². The number of nitrogens with one attached hydrogen (secondary N) is 3. The van der Waals surface area contributed by atoms with Crippen LogP contribution >= 0.6 is 11.6 Å². The third kappa shape index (κ3) is 4.58. The van der Waals surface area contributed by atoms with Crippen LogP contribution in [-0.2, 0) is 4.79 Å². The van der Waals surface area contributed by atoms with Crippen LogP contribution < -0.4 is 10.6 Å². The molecule has 6 rings (SSSR count). The Morgan fingerprint density at radius 1 is 0.974 bits per heavy atom. The normalized spacial score (nSPS) is 19.0. The summed E-state index contributed by atoms with van der Waals surface area (Å²) in [5, 5.41) is 7.65. The second kappa shape index (κ2) is 9.86. The molecule has 1 aromatic carbocycles. The molecular formula is C27H24ClN7O3. The number of benzene rings is 1. The zero-order chi connectivity index (χ0) is 26.2. The van der Waals surface area contributed by atoms with Crippen molar-refractivity contribution in [1.82, 2.24) is 30.2 Å². The van der Waals surface area contributed by atoms with Gasteiger partial charge in [-0.25, -0.2) is 15.0 Å².